The summed E-state index contributed by atoms with van der Waals surface area (Å²) in [5, 5.41) is 0. The molecule has 176 valence electrons. The van der Waals surface area contributed by atoms with Crippen molar-refractivity contribution >= 4 is 11.8 Å². The Balaban J connectivity index is 1.39. The van der Waals surface area contributed by atoms with Gasteiger partial charge < -0.3 is 14.5 Å². The highest BCUT2D eigenvalue weighted by Gasteiger charge is 2.52. The second-order valence-electron chi connectivity index (χ2n) is 9.80. The molecule has 2 heterocycles. The minimum absolute atomic E-state index is 0.0115. The topological polar surface area (TPSA) is 49.9 Å². The predicted octanol–water partition coefficient (Wildman–Crippen LogP) is 4.31. The van der Waals surface area contributed by atoms with Crippen molar-refractivity contribution in [3.05, 3.63) is 66.0 Å². The van der Waals surface area contributed by atoms with Crippen molar-refractivity contribution in [2.75, 3.05) is 26.2 Å². The summed E-state index contributed by atoms with van der Waals surface area (Å²) >= 11 is 0. The van der Waals surface area contributed by atoms with Crippen LogP contribution in [-0.2, 0) is 16.0 Å². The van der Waals surface area contributed by atoms with Gasteiger partial charge in [0.25, 0.3) is 5.91 Å². The molecule has 2 amide bonds. The first-order valence-corrected chi connectivity index (χ1v) is 11.9. The third-order valence-corrected chi connectivity index (χ3v) is 6.91. The van der Waals surface area contributed by atoms with E-state index in [0.29, 0.717) is 37.6 Å². The van der Waals surface area contributed by atoms with Crippen molar-refractivity contribution in [3.8, 4) is 5.75 Å². The maximum atomic E-state index is 13.6. The molecule has 5 nitrogen and oxygen atoms in total. The van der Waals surface area contributed by atoms with Crippen LogP contribution in [0.4, 0.5) is 4.39 Å². The molecule has 2 aromatic carbocycles. The number of rotatable bonds is 7. The highest BCUT2D eigenvalue weighted by molar-refractivity contribution is 5.86. The molecule has 0 N–H and O–H groups in total. The minimum Gasteiger partial charge on any atom is -0.484 e. The Morgan fingerprint density at radius 2 is 1.76 bits per heavy atom. The van der Waals surface area contributed by atoms with E-state index in [1.165, 1.54) is 12.1 Å². The van der Waals surface area contributed by atoms with Gasteiger partial charge in [0.1, 0.15) is 11.6 Å². The molecule has 2 aliphatic heterocycles. The number of carbonyl (C=O) groups is 2. The summed E-state index contributed by atoms with van der Waals surface area (Å²) in [6, 6.07) is 16.0. The fourth-order valence-electron chi connectivity index (χ4n) is 5.17. The third-order valence-electron chi connectivity index (χ3n) is 6.91. The molecule has 2 saturated heterocycles. The fraction of sp³-hybridized carbons (Fsp3) is 0.481. The van der Waals surface area contributed by atoms with Gasteiger partial charge in [-0.05, 0) is 61.4 Å². The van der Waals surface area contributed by atoms with Crippen LogP contribution in [-0.4, -0.2) is 53.9 Å². The normalized spacial score (nSPS) is 20.0. The monoisotopic (exact) mass is 452 g/mol. The van der Waals surface area contributed by atoms with Crippen molar-refractivity contribution in [2.45, 2.75) is 45.6 Å². The van der Waals surface area contributed by atoms with Crippen molar-refractivity contribution in [1.29, 1.82) is 0 Å². The average molecular weight is 453 g/mol. The summed E-state index contributed by atoms with van der Waals surface area (Å²) < 4.78 is 19.0. The molecule has 0 saturated carbocycles. The lowest BCUT2D eigenvalue weighted by atomic mass is 9.75. The highest BCUT2D eigenvalue weighted by Crippen LogP contribution is 2.45. The first kappa shape index (κ1) is 23.3. The Bertz CT molecular complexity index is 953. The number of hydrogen-bond donors (Lipinski definition) is 0. The summed E-state index contributed by atoms with van der Waals surface area (Å²) in [7, 11) is 0. The summed E-state index contributed by atoms with van der Waals surface area (Å²) in [5.74, 6) is 0.983. The minimum atomic E-state index is -0.406. The zero-order valence-corrected chi connectivity index (χ0v) is 19.5. The number of carbonyl (C=O) groups excluding carboxylic acids is 2. The van der Waals surface area contributed by atoms with Crippen LogP contribution in [0.5, 0.6) is 5.75 Å². The first-order chi connectivity index (χ1) is 15.9. The second kappa shape index (κ2) is 9.94. The molecule has 2 aromatic rings. The van der Waals surface area contributed by atoms with Gasteiger partial charge in [-0.15, -0.1) is 0 Å². The van der Waals surface area contributed by atoms with Crippen LogP contribution in [0.2, 0.25) is 0 Å². The average Bonchev–Trinajstić information content (AvgIpc) is 3.05. The van der Waals surface area contributed by atoms with Gasteiger partial charge >= 0.3 is 0 Å². The van der Waals surface area contributed by atoms with E-state index in [9.17, 15) is 14.0 Å². The van der Waals surface area contributed by atoms with Gasteiger partial charge in [0.05, 0.1) is 5.41 Å². The molecule has 1 atom stereocenters. The number of halogens is 1. The van der Waals surface area contributed by atoms with Gasteiger partial charge in [0.15, 0.2) is 6.61 Å². The molecule has 0 radical (unpaired) electrons. The Hall–Kier alpha value is -2.89. The maximum absolute atomic E-state index is 13.6. The molecule has 2 fully saturated rings. The summed E-state index contributed by atoms with van der Waals surface area (Å²) in [4.78, 5) is 30.1. The lowest BCUT2D eigenvalue weighted by molar-refractivity contribution is -0.144. The Morgan fingerprint density at radius 1 is 1.09 bits per heavy atom. The standard InChI is InChI=1S/C27H33FN2O3/c1-20(2)18-30-23(16-21-8-10-22(28)11-9-21)17-27(26(30)32)12-14-29(15-13-27)25(31)19-33-24-6-4-3-5-7-24/h3-11,20,23H,12-19H2,1-2H3/t23-/m1/s1. The van der Waals surface area contributed by atoms with Gasteiger partial charge in [-0.2, -0.15) is 0 Å². The Labute approximate surface area is 195 Å². The van der Waals surface area contributed by atoms with Gasteiger partial charge in [-0.3, -0.25) is 9.59 Å². The van der Waals surface area contributed by atoms with Crippen LogP contribution in [0, 0.1) is 17.2 Å². The molecule has 1 spiro atoms. The number of amides is 2. The number of hydrogen-bond acceptors (Lipinski definition) is 3. The zero-order chi connectivity index (χ0) is 23.4. The lowest BCUT2D eigenvalue weighted by Crippen LogP contribution is -2.48. The van der Waals surface area contributed by atoms with Crippen molar-refractivity contribution < 1.29 is 18.7 Å². The van der Waals surface area contributed by atoms with E-state index >= 15 is 0 Å². The van der Waals surface area contributed by atoms with E-state index in [2.05, 4.69) is 13.8 Å². The fourth-order valence-corrected chi connectivity index (χ4v) is 5.17. The molecular formula is C27H33FN2O3. The number of para-hydroxylation sites is 1. The number of likely N-dealkylation sites (tertiary alicyclic amines) is 2. The van der Waals surface area contributed by atoms with Crippen molar-refractivity contribution in [1.82, 2.24) is 9.80 Å². The highest BCUT2D eigenvalue weighted by atomic mass is 19.1. The van der Waals surface area contributed by atoms with E-state index in [0.717, 1.165) is 24.9 Å². The Morgan fingerprint density at radius 3 is 2.39 bits per heavy atom. The molecule has 33 heavy (non-hydrogen) atoms. The number of nitrogens with zero attached hydrogens (tertiary/aromatic N) is 2. The summed E-state index contributed by atoms with van der Waals surface area (Å²) in [5.41, 5.74) is 0.641. The van der Waals surface area contributed by atoms with Crippen molar-refractivity contribution in [2.24, 2.45) is 11.3 Å². The maximum Gasteiger partial charge on any atom is 0.260 e. The van der Waals surface area contributed by atoms with Crippen LogP contribution in [0.1, 0.15) is 38.7 Å². The van der Waals surface area contributed by atoms with E-state index in [1.54, 1.807) is 0 Å². The molecule has 6 heteroatoms. The van der Waals surface area contributed by atoms with Crippen molar-refractivity contribution in [3.63, 3.8) is 0 Å². The largest absolute Gasteiger partial charge is 0.484 e. The van der Waals surface area contributed by atoms with Gasteiger partial charge in [-0.25, -0.2) is 4.39 Å². The van der Waals surface area contributed by atoms with E-state index in [-0.39, 0.29) is 30.3 Å². The zero-order valence-electron chi connectivity index (χ0n) is 19.5. The van der Waals surface area contributed by atoms with Crippen LogP contribution in [0.25, 0.3) is 0 Å². The van der Waals surface area contributed by atoms with Gasteiger partial charge in [0.2, 0.25) is 5.91 Å². The smallest absolute Gasteiger partial charge is 0.260 e. The van der Waals surface area contributed by atoms with Crippen LogP contribution in [0.3, 0.4) is 0 Å². The quantitative estimate of drug-likeness (QED) is 0.629. The molecule has 0 aromatic heterocycles. The molecule has 0 aliphatic carbocycles. The molecule has 2 aliphatic rings. The molecule has 4 rings (SSSR count). The third kappa shape index (κ3) is 5.37. The number of benzene rings is 2. The SMILES string of the molecule is CC(C)CN1C(=O)C2(CCN(C(=O)COc3ccccc3)CC2)C[C@H]1Cc1ccc(F)cc1. The summed E-state index contributed by atoms with van der Waals surface area (Å²) in [6.45, 7) is 6.13. The van der Waals surface area contributed by atoms with Crippen LogP contribution < -0.4 is 4.74 Å². The Kier molecular flexibility index (Phi) is 7.01. The molecular weight excluding hydrogens is 419 g/mol. The lowest BCUT2D eigenvalue weighted by Gasteiger charge is -2.38. The second-order valence-corrected chi connectivity index (χ2v) is 9.80. The number of ether oxygens (including phenoxy) is 1. The van der Waals surface area contributed by atoms with E-state index in [4.69, 9.17) is 4.74 Å². The van der Waals surface area contributed by atoms with Gasteiger partial charge in [-0.1, -0.05) is 44.2 Å². The van der Waals surface area contributed by atoms with Gasteiger partial charge in [0, 0.05) is 25.7 Å². The predicted molar refractivity (Wildman–Crippen MR) is 125 cm³/mol. The van der Waals surface area contributed by atoms with E-state index < -0.39 is 5.41 Å². The molecule has 0 unspecified atom stereocenters. The first-order valence-electron chi connectivity index (χ1n) is 11.9. The van der Waals surface area contributed by atoms with Crippen LogP contribution >= 0.6 is 0 Å². The van der Waals surface area contributed by atoms with E-state index in [1.807, 2.05) is 52.3 Å². The number of piperidine rings is 1. The molecule has 0 bridgehead atoms. The van der Waals surface area contributed by atoms with Crippen LogP contribution in [0.15, 0.2) is 54.6 Å². The summed E-state index contributed by atoms with van der Waals surface area (Å²) in [6.07, 6.45) is 2.88.